The summed E-state index contributed by atoms with van der Waals surface area (Å²) in [5, 5.41) is 13.8. The van der Waals surface area contributed by atoms with Crippen LogP contribution in [0.5, 0.6) is 5.75 Å². The van der Waals surface area contributed by atoms with Crippen LogP contribution in [0.3, 0.4) is 0 Å². The molecule has 23 heavy (non-hydrogen) atoms. The molecule has 3 rings (SSSR count). The van der Waals surface area contributed by atoms with Crippen molar-refractivity contribution in [2.24, 2.45) is 5.92 Å². The predicted octanol–water partition coefficient (Wildman–Crippen LogP) is 2.63. The third-order valence-corrected chi connectivity index (χ3v) is 4.82. The Morgan fingerprint density at radius 3 is 2.87 bits per heavy atom. The fourth-order valence-corrected chi connectivity index (χ4v) is 3.45. The number of thiophene rings is 1. The number of aliphatic carboxylic acids is 1. The van der Waals surface area contributed by atoms with E-state index < -0.39 is 12.0 Å². The highest BCUT2D eigenvalue weighted by Crippen LogP contribution is 2.28. The zero-order valence-corrected chi connectivity index (χ0v) is 13.2. The first-order valence-electron chi connectivity index (χ1n) is 7.40. The Labute approximate surface area is 137 Å². The van der Waals surface area contributed by atoms with E-state index in [1.165, 1.54) is 11.3 Å². The largest absolute Gasteiger partial charge is 0.492 e. The molecule has 0 unspecified atom stereocenters. The zero-order valence-electron chi connectivity index (χ0n) is 12.4. The van der Waals surface area contributed by atoms with E-state index in [1.807, 2.05) is 41.8 Å². The van der Waals surface area contributed by atoms with E-state index in [1.54, 1.807) is 0 Å². The van der Waals surface area contributed by atoms with Crippen LogP contribution in [0.1, 0.15) is 22.9 Å². The molecule has 0 fully saturated rings. The number of carboxylic acids is 1. The minimum atomic E-state index is -0.936. The highest BCUT2D eigenvalue weighted by atomic mass is 32.1. The fourth-order valence-electron chi connectivity index (χ4n) is 2.67. The monoisotopic (exact) mass is 331 g/mol. The number of benzene rings is 1. The van der Waals surface area contributed by atoms with Crippen molar-refractivity contribution in [2.75, 3.05) is 6.61 Å². The van der Waals surface area contributed by atoms with Crippen LogP contribution in [-0.4, -0.2) is 23.6 Å². The van der Waals surface area contributed by atoms with Gasteiger partial charge in [0.25, 0.3) is 0 Å². The third kappa shape index (κ3) is 3.71. The molecule has 6 heteroatoms. The first-order valence-corrected chi connectivity index (χ1v) is 8.27. The number of rotatable bonds is 5. The lowest BCUT2D eigenvalue weighted by Crippen LogP contribution is -2.39. The topological polar surface area (TPSA) is 75.6 Å². The van der Waals surface area contributed by atoms with E-state index in [0.717, 1.165) is 16.2 Å². The van der Waals surface area contributed by atoms with Crippen LogP contribution in [0.2, 0.25) is 0 Å². The molecule has 0 bridgehead atoms. The molecule has 0 saturated carbocycles. The van der Waals surface area contributed by atoms with Gasteiger partial charge in [0.2, 0.25) is 5.91 Å². The molecule has 0 saturated heterocycles. The Morgan fingerprint density at radius 2 is 2.13 bits per heavy atom. The maximum absolute atomic E-state index is 12.5. The average Bonchev–Trinajstić information content (AvgIpc) is 3.07. The van der Waals surface area contributed by atoms with Crippen molar-refractivity contribution in [1.29, 1.82) is 0 Å². The van der Waals surface area contributed by atoms with E-state index in [2.05, 4.69) is 5.32 Å². The molecule has 1 aromatic carbocycles. The lowest BCUT2D eigenvalue weighted by Gasteiger charge is -2.26. The lowest BCUT2D eigenvalue weighted by molar-refractivity contribution is -0.138. The van der Waals surface area contributed by atoms with Crippen molar-refractivity contribution in [1.82, 2.24) is 5.32 Å². The summed E-state index contributed by atoms with van der Waals surface area (Å²) in [6, 6.07) is 10.8. The van der Waals surface area contributed by atoms with Gasteiger partial charge in [0, 0.05) is 4.88 Å². The normalized spacial score (nSPS) is 17.7. The Kier molecular flexibility index (Phi) is 4.62. The van der Waals surface area contributed by atoms with Crippen molar-refractivity contribution < 1.29 is 19.4 Å². The van der Waals surface area contributed by atoms with Gasteiger partial charge in [0.05, 0.1) is 18.4 Å². The first-order chi connectivity index (χ1) is 11.1. The van der Waals surface area contributed by atoms with Crippen LogP contribution in [0.4, 0.5) is 0 Å². The number of fused-ring (bicyclic) bond motifs is 1. The summed E-state index contributed by atoms with van der Waals surface area (Å²) < 4.78 is 5.64. The average molecular weight is 331 g/mol. The number of para-hydroxylation sites is 1. The maximum atomic E-state index is 12.5. The quantitative estimate of drug-likeness (QED) is 0.883. The number of ether oxygens (including phenoxy) is 1. The SMILES string of the molecule is O=C(O)C[C@@H](NC(=O)[C@@H]1COc2ccccc2C1)c1cccs1. The predicted molar refractivity (Wildman–Crippen MR) is 86.6 cm³/mol. The van der Waals surface area contributed by atoms with Gasteiger partial charge < -0.3 is 15.2 Å². The number of hydrogen-bond acceptors (Lipinski definition) is 4. The van der Waals surface area contributed by atoms with Crippen molar-refractivity contribution >= 4 is 23.2 Å². The van der Waals surface area contributed by atoms with Crippen LogP contribution in [0.25, 0.3) is 0 Å². The van der Waals surface area contributed by atoms with Crippen LogP contribution >= 0.6 is 11.3 Å². The van der Waals surface area contributed by atoms with Crippen LogP contribution < -0.4 is 10.1 Å². The molecule has 2 N–H and O–H groups in total. The van der Waals surface area contributed by atoms with Gasteiger partial charge in [-0.15, -0.1) is 11.3 Å². The highest BCUT2D eigenvalue weighted by Gasteiger charge is 2.28. The Balaban J connectivity index is 1.69. The second kappa shape index (κ2) is 6.83. The molecule has 5 nitrogen and oxygen atoms in total. The molecule has 0 radical (unpaired) electrons. The van der Waals surface area contributed by atoms with Gasteiger partial charge in [-0.05, 0) is 29.5 Å². The highest BCUT2D eigenvalue weighted by molar-refractivity contribution is 7.10. The Bertz CT molecular complexity index is 698. The van der Waals surface area contributed by atoms with Crippen molar-refractivity contribution in [2.45, 2.75) is 18.9 Å². The summed E-state index contributed by atoms with van der Waals surface area (Å²) in [6.45, 7) is 0.313. The zero-order chi connectivity index (χ0) is 16.2. The lowest BCUT2D eigenvalue weighted by atomic mass is 9.95. The van der Waals surface area contributed by atoms with Crippen LogP contribution in [0, 0.1) is 5.92 Å². The molecule has 120 valence electrons. The van der Waals surface area contributed by atoms with Gasteiger partial charge in [-0.2, -0.15) is 0 Å². The van der Waals surface area contributed by atoms with Crippen molar-refractivity contribution in [3.05, 3.63) is 52.2 Å². The maximum Gasteiger partial charge on any atom is 0.305 e. The number of amides is 1. The fraction of sp³-hybridized carbons (Fsp3) is 0.294. The van der Waals surface area contributed by atoms with Gasteiger partial charge in [-0.1, -0.05) is 24.3 Å². The molecule has 0 spiro atoms. The van der Waals surface area contributed by atoms with Crippen molar-refractivity contribution in [3.63, 3.8) is 0 Å². The summed E-state index contributed by atoms with van der Waals surface area (Å²) >= 11 is 1.44. The second-order valence-electron chi connectivity index (χ2n) is 5.49. The summed E-state index contributed by atoms with van der Waals surface area (Å²) in [4.78, 5) is 24.4. The van der Waals surface area contributed by atoms with Crippen LogP contribution in [-0.2, 0) is 16.0 Å². The van der Waals surface area contributed by atoms with E-state index >= 15 is 0 Å². The Morgan fingerprint density at radius 1 is 1.30 bits per heavy atom. The summed E-state index contributed by atoms with van der Waals surface area (Å²) in [5.74, 6) is -0.592. The molecular weight excluding hydrogens is 314 g/mol. The van der Waals surface area contributed by atoms with E-state index in [-0.39, 0.29) is 18.2 Å². The van der Waals surface area contributed by atoms with Crippen molar-refractivity contribution in [3.8, 4) is 5.75 Å². The molecule has 2 aromatic rings. The first kappa shape index (κ1) is 15.6. The molecule has 1 aromatic heterocycles. The molecule has 0 aliphatic carbocycles. The molecule has 1 amide bonds. The molecule has 2 heterocycles. The van der Waals surface area contributed by atoms with Gasteiger partial charge in [-0.3, -0.25) is 9.59 Å². The van der Waals surface area contributed by atoms with Gasteiger partial charge in [-0.25, -0.2) is 0 Å². The summed E-state index contributed by atoms with van der Waals surface area (Å²) in [6.07, 6.45) is 0.475. The standard InChI is InChI=1S/C17H17NO4S/c19-16(20)9-13(15-6-3-7-23-15)18-17(21)12-8-11-4-1-2-5-14(11)22-10-12/h1-7,12-13H,8-10H2,(H,18,21)(H,19,20)/t12-,13+/m0/s1. The van der Waals surface area contributed by atoms with Gasteiger partial charge >= 0.3 is 5.97 Å². The molecular formula is C17H17NO4S. The number of carboxylic acid groups (broad SMARTS) is 1. The smallest absolute Gasteiger partial charge is 0.305 e. The molecule has 2 atom stereocenters. The summed E-state index contributed by atoms with van der Waals surface area (Å²) in [7, 11) is 0. The number of nitrogens with one attached hydrogen (secondary N) is 1. The molecule has 1 aliphatic rings. The van der Waals surface area contributed by atoms with E-state index in [9.17, 15) is 9.59 Å². The number of carbonyl (C=O) groups is 2. The number of carbonyl (C=O) groups excluding carboxylic acids is 1. The second-order valence-corrected chi connectivity index (χ2v) is 6.47. The van der Waals surface area contributed by atoms with Gasteiger partial charge in [0.15, 0.2) is 0 Å². The Hall–Kier alpha value is -2.34. The third-order valence-electron chi connectivity index (χ3n) is 3.83. The van der Waals surface area contributed by atoms with E-state index in [0.29, 0.717) is 13.0 Å². The minimum absolute atomic E-state index is 0.129. The number of hydrogen-bond donors (Lipinski definition) is 2. The van der Waals surface area contributed by atoms with Gasteiger partial charge in [0.1, 0.15) is 12.4 Å². The minimum Gasteiger partial charge on any atom is -0.492 e. The van der Waals surface area contributed by atoms with Crippen LogP contribution in [0.15, 0.2) is 41.8 Å². The summed E-state index contributed by atoms with van der Waals surface area (Å²) in [5.41, 5.74) is 1.00. The molecule has 1 aliphatic heterocycles. The van der Waals surface area contributed by atoms with E-state index in [4.69, 9.17) is 9.84 Å².